The van der Waals surface area contributed by atoms with Gasteiger partial charge in [0.15, 0.2) is 0 Å². The van der Waals surface area contributed by atoms with E-state index in [1.54, 1.807) is 4.90 Å². The molecule has 116 valence electrons. The molecule has 1 aliphatic rings. The molecule has 1 aromatic rings. The monoisotopic (exact) mass is 292 g/mol. The van der Waals surface area contributed by atoms with Crippen molar-refractivity contribution in [3.63, 3.8) is 0 Å². The van der Waals surface area contributed by atoms with Crippen LogP contribution in [0.3, 0.4) is 0 Å². The van der Waals surface area contributed by atoms with Crippen LogP contribution in [0.15, 0.2) is 18.3 Å². The molecule has 1 unspecified atom stereocenters. The second-order valence-electron chi connectivity index (χ2n) is 5.90. The van der Waals surface area contributed by atoms with Crippen molar-refractivity contribution >= 4 is 11.9 Å². The largest absolute Gasteiger partial charge is 0.481 e. The van der Waals surface area contributed by atoms with Crippen molar-refractivity contribution in [1.82, 2.24) is 9.47 Å². The van der Waals surface area contributed by atoms with Crippen molar-refractivity contribution in [2.24, 2.45) is 5.41 Å². The molecular weight excluding hydrogens is 268 g/mol. The number of carboxylic acids is 1. The molecule has 0 aliphatic carbocycles. The molecule has 0 bridgehead atoms. The number of aromatic nitrogens is 1. The number of aryl methyl sites for hydroxylation is 1. The number of amides is 1. The van der Waals surface area contributed by atoms with Gasteiger partial charge in [-0.3, -0.25) is 9.59 Å². The predicted octanol–water partition coefficient (Wildman–Crippen LogP) is 2.62. The molecule has 5 nitrogen and oxygen atoms in total. The number of aliphatic carboxylic acids is 1. The molecule has 21 heavy (non-hydrogen) atoms. The van der Waals surface area contributed by atoms with Crippen LogP contribution >= 0.6 is 0 Å². The molecule has 0 aromatic carbocycles. The van der Waals surface area contributed by atoms with Crippen LogP contribution in [0.2, 0.25) is 0 Å². The van der Waals surface area contributed by atoms with E-state index in [1.807, 2.05) is 29.8 Å². The maximum atomic E-state index is 12.6. The van der Waals surface area contributed by atoms with Gasteiger partial charge in [0.05, 0.1) is 5.41 Å². The number of carboxylic acid groups (broad SMARTS) is 1. The molecule has 2 rings (SSSR count). The first-order valence-electron chi connectivity index (χ1n) is 7.72. The Morgan fingerprint density at radius 3 is 2.71 bits per heavy atom. The van der Waals surface area contributed by atoms with Crippen LogP contribution in [0.1, 0.15) is 50.0 Å². The van der Waals surface area contributed by atoms with Crippen LogP contribution in [0.25, 0.3) is 0 Å². The van der Waals surface area contributed by atoms with Crippen molar-refractivity contribution in [1.29, 1.82) is 0 Å². The molecule has 1 fully saturated rings. The molecule has 5 heteroatoms. The normalized spacial score (nSPS) is 21.7. The Labute approximate surface area is 125 Å². The van der Waals surface area contributed by atoms with Gasteiger partial charge in [-0.15, -0.1) is 0 Å². The Bertz CT molecular complexity index is 523. The maximum Gasteiger partial charge on any atom is 0.311 e. The summed E-state index contributed by atoms with van der Waals surface area (Å²) < 4.78 is 1.95. The van der Waals surface area contributed by atoms with Gasteiger partial charge in [-0.2, -0.15) is 0 Å². The van der Waals surface area contributed by atoms with E-state index in [2.05, 4.69) is 6.92 Å². The molecule has 0 radical (unpaired) electrons. The van der Waals surface area contributed by atoms with E-state index in [-0.39, 0.29) is 5.91 Å². The molecule has 1 saturated heterocycles. The Morgan fingerprint density at radius 1 is 1.33 bits per heavy atom. The first-order valence-corrected chi connectivity index (χ1v) is 7.72. The highest BCUT2D eigenvalue weighted by Crippen LogP contribution is 2.36. The summed E-state index contributed by atoms with van der Waals surface area (Å²) in [4.78, 5) is 25.9. The molecular formula is C16H24N2O3. The Morgan fingerprint density at radius 2 is 2.10 bits per heavy atom. The highest BCUT2D eigenvalue weighted by Gasteiger charge is 2.45. The van der Waals surface area contributed by atoms with Crippen LogP contribution in [0.5, 0.6) is 0 Å². The fourth-order valence-electron chi connectivity index (χ4n) is 3.22. The van der Waals surface area contributed by atoms with Gasteiger partial charge >= 0.3 is 5.97 Å². The summed E-state index contributed by atoms with van der Waals surface area (Å²) in [6, 6.07) is 3.69. The van der Waals surface area contributed by atoms with Gasteiger partial charge < -0.3 is 14.6 Å². The second kappa shape index (κ2) is 6.33. The second-order valence-corrected chi connectivity index (χ2v) is 5.90. The minimum absolute atomic E-state index is 0.0484. The van der Waals surface area contributed by atoms with Crippen LogP contribution in [-0.4, -0.2) is 39.5 Å². The Kier molecular flexibility index (Phi) is 4.70. The molecule has 0 spiro atoms. The molecule has 1 N–H and O–H groups in total. The summed E-state index contributed by atoms with van der Waals surface area (Å²) in [5.41, 5.74) is -0.0957. The first kappa shape index (κ1) is 15.6. The number of likely N-dealkylation sites (tertiary alicyclic amines) is 1. The van der Waals surface area contributed by atoms with E-state index in [1.165, 1.54) is 0 Å². The molecule has 2 heterocycles. The molecule has 0 saturated carbocycles. The molecule has 1 amide bonds. The average molecular weight is 292 g/mol. The molecule has 1 aliphatic heterocycles. The molecule has 1 atom stereocenters. The van der Waals surface area contributed by atoms with Gasteiger partial charge in [0.1, 0.15) is 5.69 Å². The summed E-state index contributed by atoms with van der Waals surface area (Å²) in [7, 11) is 0. The van der Waals surface area contributed by atoms with E-state index >= 15 is 0 Å². The van der Waals surface area contributed by atoms with Gasteiger partial charge in [-0.25, -0.2) is 0 Å². The highest BCUT2D eigenvalue weighted by molar-refractivity contribution is 5.93. The zero-order chi connectivity index (χ0) is 15.5. The van der Waals surface area contributed by atoms with Gasteiger partial charge in [-0.05, 0) is 31.4 Å². The fraction of sp³-hybridized carbons (Fsp3) is 0.625. The minimum atomic E-state index is -0.774. The third-order valence-corrected chi connectivity index (χ3v) is 4.34. The smallest absolute Gasteiger partial charge is 0.311 e. The number of hydrogen-bond acceptors (Lipinski definition) is 2. The lowest BCUT2D eigenvalue weighted by Gasteiger charge is -2.24. The fourth-order valence-corrected chi connectivity index (χ4v) is 3.22. The van der Waals surface area contributed by atoms with Gasteiger partial charge in [0, 0.05) is 25.8 Å². The lowest BCUT2D eigenvalue weighted by Crippen LogP contribution is -2.37. The van der Waals surface area contributed by atoms with Crippen molar-refractivity contribution in [3.8, 4) is 0 Å². The van der Waals surface area contributed by atoms with E-state index in [0.29, 0.717) is 31.6 Å². The van der Waals surface area contributed by atoms with Gasteiger partial charge in [0.2, 0.25) is 0 Å². The van der Waals surface area contributed by atoms with E-state index in [0.717, 1.165) is 19.4 Å². The summed E-state index contributed by atoms with van der Waals surface area (Å²) in [5, 5.41) is 9.52. The lowest BCUT2D eigenvalue weighted by atomic mass is 9.83. The highest BCUT2D eigenvalue weighted by atomic mass is 16.4. The number of carbonyl (C=O) groups is 2. The lowest BCUT2D eigenvalue weighted by molar-refractivity contribution is -0.148. The van der Waals surface area contributed by atoms with Crippen LogP contribution in [-0.2, 0) is 11.3 Å². The van der Waals surface area contributed by atoms with Crippen molar-refractivity contribution in [3.05, 3.63) is 24.0 Å². The number of nitrogens with zero attached hydrogens (tertiary/aromatic N) is 2. The van der Waals surface area contributed by atoms with E-state index < -0.39 is 11.4 Å². The van der Waals surface area contributed by atoms with Crippen molar-refractivity contribution < 1.29 is 14.7 Å². The predicted molar refractivity (Wildman–Crippen MR) is 80.2 cm³/mol. The maximum absolute atomic E-state index is 12.6. The van der Waals surface area contributed by atoms with Crippen LogP contribution < -0.4 is 0 Å². The molecule has 1 aromatic heterocycles. The standard InChI is InChI=1S/C16H24N2O3/c1-3-7-16(15(20)21)8-11-18(12-16)14(19)13-6-5-10-17(13)9-4-2/h5-6,10H,3-4,7-9,11-12H2,1-2H3,(H,20,21). The van der Waals surface area contributed by atoms with Gasteiger partial charge in [0.25, 0.3) is 5.91 Å². The zero-order valence-electron chi connectivity index (χ0n) is 12.8. The van der Waals surface area contributed by atoms with Crippen LogP contribution in [0.4, 0.5) is 0 Å². The topological polar surface area (TPSA) is 62.5 Å². The quantitative estimate of drug-likeness (QED) is 0.876. The zero-order valence-corrected chi connectivity index (χ0v) is 12.8. The van der Waals surface area contributed by atoms with E-state index in [9.17, 15) is 14.7 Å². The first-order chi connectivity index (χ1) is 10.0. The number of carbonyl (C=O) groups excluding carboxylic acids is 1. The summed E-state index contributed by atoms with van der Waals surface area (Å²) in [5.74, 6) is -0.823. The summed E-state index contributed by atoms with van der Waals surface area (Å²) >= 11 is 0. The van der Waals surface area contributed by atoms with Crippen molar-refractivity contribution in [2.45, 2.75) is 46.1 Å². The Balaban J connectivity index is 2.15. The van der Waals surface area contributed by atoms with Crippen molar-refractivity contribution in [2.75, 3.05) is 13.1 Å². The SMILES string of the molecule is CCCn1cccc1C(=O)N1CCC(CCC)(C(=O)O)C1. The number of rotatable bonds is 6. The van der Waals surface area contributed by atoms with Crippen LogP contribution in [0, 0.1) is 5.41 Å². The average Bonchev–Trinajstić information content (AvgIpc) is 3.07. The third-order valence-electron chi connectivity index (χ3n) is 4.34. The number of hydrogen-bond donors (Lipinski definition) is 1. The summed E-state index contributed by atoms with van der Waals surface area (Å²) in [6.45, 7) is 5.72. The summed E-state index contributed by atoms with van der Waals surface area (Å²) in [6.07, 6.45) is 4.87. The van der Waals surface area contributed by atoms with Gasteiger partial charge in [-0.1, -0.05) is 20.3 Å². The Hall–Kier alpha value is -1.78. The minimum Gasteiger partial charge on any atom is -0.481 e. The third kappa shape index (κ3) is 2.96. The van der Waals surface area contributed by atoms with E-state index in [4.69, 9.17) is 0 Å².